The first-order valence-electron chi connectivity index (χ1n) is 10.2. The van der Waals surface area contributed by atoms with E-state index in [1.165, 1.54) is 6.42 Å². The molecule has 1 aromatic heterocycles. The van der Waals surface area contributed by atoms with Crippen molar-refractivity contribution in [2.45, 2.75) is 59.0 Å². The average Bonchev–Trinajstić information content (AvgIpc) is 3.04. The van der Waals surface area contributed by atoms with Crippen molar-refractivity contribution in [2.75, 3.05) is 26.2 Å². The highest BCUT2D eigenvalue weighted by atomic mass is 16.1. The van der Waals surface area contributed by atoms with Gasteiger partial charge in [-0.25, -0.2) is 0 Å². The van der Waals surface area contributed by atoms with Crippen molar-refractivity contribution in [1.29, 1.82) is 0 Å². The number of nitrogens with one attached hydrogen (secondary N) is 1. The Labute approximate surface area is 163 Å². The Morgan fingerprint density at radius 1 is 1.26 bits per heavy atom. The fourth-order valence-corrected chi connectivity index (χ4v) is 3.24. The summed E-state index contributed by atoms with van der Waals surface area (Å²) >= 11 is 0. The second-order valence-electron chi connectivity index (χ2n) is 7.55. The molecule has 0 aliphatic carbocycles. The van der Waals surface area contributed by atoms with Crippen molar-refractivity contribution < 1.29 is 4.79 Å². The number of benzene rings is 1. The lowest BCUT2D eigenvalue weighted by molar-refractivity contribution is 0.0941. The van der Waals surface area contributed by atoms with Crippen LogP contribution in [0.4, 0.5) is 0 Å². The van der Waals surface area contributed by atoms with E-state index in [4.69, 9.17) is 5.73 Å². The van der Waals surface area contributed by atoms with Gasteiger partial charge in [0.2, 0.25) is 0 Å². The van der Waals surface area contributed by atoms with Crippen molar-refractivity contribution in [3.63, 3.8) is 0 Å². The minimum absolute atomic E-state index is 0.0979. The quantitative estimate of drug-likeness (QED) is 0.844. The summed E-state index contributed by atoms with van der Waals surface area (Å²) in [5.74, 6) is -0.0979. The Hall–Kier alpha value is -1.92. The van der Waals surface area contributed by atoms with E-state index in [1.54, 1.807) is 0 Å². The maximum atomic E-state index is 12.6. The van der Waals surface area contributed by atoms with Gasteiger partial charge in [-0.05, 0) is 45.8 Å². The van der Waals surface area contributed by atoms with Gasteiger partial charge in [0.25, 0.3) is 5.91 Å². The Morgan fingerprint density at radius 3 is 2.52 bits per heavy atom. The zero-order valence-corrected chi connectivity index (χ0v) is 17.2. The molecule has 1 aromatic carbocycles. The lowest BCUT2D eigenvalue weighted by Gasteiger charge is -2.29. The van der Waals surface area contributed by atoms with Crippen LogP contribution in [0, 0.1) is 0 Å². The normalized spacial score (nSPS) is 15.6. The van der Waals surface area contributed by atoms with Gasteiger partial charge in [0, 0.05) is 30.6 Å². The summed E-state index contributed by atoms with van der Waals surface area (Å²) in [5.41, 5.74) is 7.44. The highest BCUT2D eigenvalue weighted by Crippen LogP contribution is 2.21. The first kappa shape index (κ1) is 21.4. The Kier molecular flexibility index (Phi) is 8.25. The highest BCUT2D eigenvalue weighted by Gasteiger charge is 2.19. The van der Waals surface area contributed by atoms with E-state index in [9.17, 15) is 4.79 Å². The fraction of sp³-hybridized carbons (Fsp3) is 0.619. The van der Waals surface area contributed by atoms with Crippen molar-refractivity contribution in [3.8, 4) is 0 Å². The number of rotatable bonds is 5. The van der Waals surface area contributed by atoms with E-state index in [2.05, 4.69) is 43.0 Å². The molecule has 0 radical (unpaired) electrons. The summed E-state index contributed by atoms with van der Waals surface area (Å²) in [4.78, 5) is 14.9. The number of hydrogen-bond donors (Lipinski definition) is 2. The number of piperidine rings is 1. The zero-order valence-electron chi connectivity index (χ0n) is 17.2. The van der Waals surface area contributed by atoms with Gasteiger partial charge in [-0.15, -0.1) is 0 Å². The van der Waals surface area contributed by atoms with Crippen molar-refractivity contribution >= 4 is 16.8 Å². The maximum Gasteiger partial charge on any atom is 0.272 e. The van der Waals surface area contributed by atoms with E-state index >= 15 is 0 Å². The minimum Gasteiger partial charge on any atom is -0.349 e. The second kappa shape index (κ2) is 10.4. The van der Waals surface area contributed by atoms with Gasteiger partial charge < -0.3 is 16.0 Å². The summed E-state index contributed by atoms with van der Waals surface area (Å²) in [6.45, 7) is 11.9. The summed E-state index contributed by atoms with van der Waals surface area (Å²) in [6.07, 6.45) is 3.33. The number of carbonyl (C=O) groups excluding carboxylic acids is 1. The molecule has 1 saturated heterocycles. The molecule has 6 heteroatoms. The lowest BCUT2D eigenvalue weighted by Crippen LogP contribution is -2.43. The van der Waals surface area contributed by atoms with Crippen LogP contribution >= 0.6 is 0 Å². The topological polar surface area (TPSA) is 76.2 Å². The zero-order chi connectivity index (χ0) is 19.8. The number of nitrogens with zero attached hydrogens (tertiary/aromatic N) is 3. The molecule has 2 heterocycles. The van der Waals surface area contributed by atoms with Crippen molar-refractivity contribution in [2.24, 2.45) is 5.73 Å². The number of carbonyl (C=O) groups is 1. The van der Waals surface area contributed by atoms with Gasteiger partial charge in [0.15, 0.2) is 5.69 Å². The van der Waals surface area contributed by atoms with Gasteiger partial charge in [0.05, 0.1) is 5.52 Å². The van der Waals surface area contributed by atoms with Gasteiger partial charge >= 0.3 is 0 Å². The fourth-order valence-electron chi connectivity index (χ4n) is 3.24. The molecule has 3 N–H and O–H groups in total. The van der Waals surface area contributed by atoms with Gasteiger partial charge in [0.1, 0.15) is 0 Å². The van der Waals surface area contributed by atoms with Gasteiger partial charge in [-0.2, -0.15) is 5.10 Å². The van der Waals surface area contributed by atoms with Crippen LogP contribution in [0.15, 0.2) is 24.3 Å². The first-order chi connectivity index (χ1) is 13.0. The number of likely N-dealkylation sites (tertiary alicyclic amines) is 1. The molecular formula is C21H35N5O. The van der Waals surface area contributed by atoms with Crippen LogP contribution in [0.25, 0.3) is 10.9 Å². The van der Waals surface area contributed by atoms with Crippen LogP contribution in [-0.2, 0) is 0 Å². The summed E-state index contributed by atoms with van der Waals surface area (Å²) in [6, 6.07) is 8.45. The Bertz CT molecular complexity index is 716. The maximum absolute atomic E-state index is 12.6. The standard InChI is InChI=1S/C18H27N5O.C3H8/c1-13(2)23-16-6-4-3-5-15(16)17(21-23)18(24)20-9-12-22-10-7-14(19)8-11-22;1-3-2/h3-6,13-14H,7-12,19H2,1-2H3,(H,20,24);3H2,1-2H3. The Balaban J connectivity index is 0.000000817. The molecule has 0 saturated carbocycles. The van der Waals surface area contributed by atoms with Crippen LogP contribution in [0.1, 0.15) is 63.5 Å². The van der Waals surface area contributed by atoms with Crippen LogP contribution < -0.4 is 11.1 Å². The SMILES string of the molecule is CC(C)n1nc(C(=O)NCCN2CCC(N)CC2)c2ccccc21.CCC. The van der Waals surface area contributed by atoms with Crippen LogP contribution in [-0.4, -0.2) is 52.8 Å². The number of fused-ring (bicyclic) bond motifs is 1. The molecule has 0 spiro atoms. The third kappa shape index (κ3) is 5.78. The molecule has 1 fully saturated rings. The average molecular weight is 374 g/mol. The molecule has 1 amide bonds. The predicted molar refractivity (Wildman–Crippen MR) is 112 cm³/mol. The number of aromatic nitrogens is 2. The highest BCUT2D eigenvalue weighted by molar-refractivity contribution is 6.04. The third-order valence-corrected chi connectivity index (χ3v) is 4.66. The summed E-state index contributed by atoms with van der Waals surface area (Å²) in [7, 11) is 0. The van der Waals surface area contributed by atoms with E-state index in [0.717, 1.165) is 43.4 Å². The third-order valence-electron chi connectivity index (χ3n) is 4.66. The van der Waals surface area contributed by atoms with Crippen LogP contribution in [0.3, 0.4) is 0 Å². The first-order valence-corrected chi connectivity index (χ1v) is 10.2. The molecule has 0 atom stereocenters. The van der Waals surface area contributed by atoms with Crippen molar-refractivity contribution in [3.05, 3.63) is 30.0 Å². The molecule has 2 aromatic rings. The van der Waals surface area contributed by atoms with Gasteiger partial charge in [-0.1, -0.05) is 38.5 Å². The molecule has 1 aliphatic rings. The minimum atomic E-state index is -0.0979. The molecule has 6 nitrogen and oxygen atoms in total. The molecule has 0 bridgehead atoms. The number of hydrogen-bond acceptors (Lipinski definition) is 4. The lowest BCUT2D eigenvalue weighted by atomic mass is 10.1. The summed E-state index contributed by atoms with van der Waals surface area (Å²) in [5, 5.41) is 8.46. The van der Waals surface area contributed by atoms with E-state index in [0.29, 0.717) is 18.3 Å². The largest absolute Gasteiger partial charge is 0.349 e. The summed E-state index contributed by atoms with van der Waals surface area (Å²) < 4.78 is 1.91. The van der Waals surface area contributed by atoms with E-state index in [1.807, 2.05) is 28.9 Å². The molecule has 3 rings (SSSR count). The van der Waals surface area contributed by atoms with Crippen LogP contribution in [0.5, 0.6) is 0 Å². The molecule has 0 unspecified atom stereocenters. The van der Waals surface area contributed by atoms with Crippen LogP contribution in [0.2, 0.25) is 0 Å². The molecular weight excluding hydrogens is 338 g/mol. The number of amides is 1. The molecule has 150 valence electrons. The van der Waals surface area contributed by atoms with E-state index < -0.39 is 0 Å². The second-order valence-corrected chi connectivity index (χ2v) is 7.55. The van der Waals surface area contributed by atoms with Gasteiger partial charge in [-0.3, -0.25) is 9.48 Å². The number of nitrogens with two attached hydrogens (primary N) is 1. The van der Waals surface area contributed by atoms with E-state index in [-0.39, 0.29) is 11.9 Å². The monoisotopic (exact) mass is 373 g/mol. The molecule has 1 aliphatic heterocycles. The number of para-hydroxylation sites is 1. The predicted octanol–water partition coefficient (Wildman–Crippen LogP) is 3.19. The molecule has 27 heavy (non-hydrogen) atoms. The Morgan fingerprint density at radius 2 is 1.89 bits per heavy atom. The van der Waals surface area contributed by atoms with Crippen molar-refractivity contribution in [1.82, 2.24) is 20.0 Å². The smallest absolute Gasteiger partial charge is 0.272 e.